The number of pyridine rings is 1. The molecule has 0 bridgehead atoms. The van der Waals surface area contributed by atoms with Crippen molar-refractivity contribution in [3.05, 3.63) is 51.8 Å². The Kier molecular flexibility index (Phi) is 4.07. The van der Waals surface area contributed by atoms with Crippen molar-refractivity contribution in [3.8, 4) is 5.75 Å². The normalized spacial score (nSPS) is 15.4. The van der Waals surface area contributed by atoms with Crippen LogP contribution in [0.3, 0.4) is 0 Å². The molecule has 2 aromatic heterocycles. The Morgan fingerprint density at radius 2 is 2.08 bits per heavy atom. The molecule has 3 heterocycles. The second-order valence-corrected chi connectivity index (χ2v) is 6.39. The van der Waals surface area contributed by atoms with E-state index in [1.807, 2.05) is 6.07 Å². The lowest BCUT2D eigenvalue weighted by atomic mass is 10.0. The third-order valence-electron chi connectivity index (χ3n) is 3.94. The van der Waals surface area contributed by atoms with Crippen LogP contribution < -0.4 is 5.43 Å². The van der Waals surface area contributed by atoms with Gasteiger partial charge in [-0.15, -0.1) is 0 Å². The van der Waals surface area contributed by atoms with Gasteiger partial charge in [-0.1, -0.05) is 23.2 Å². The van der Waals surface area contributed by atoms with E-state index in [9.17, 15) is 5.11 Å². The van der Waals surface area contributed by atoms with Crippen molar-refractivity contribution < 1.29 is 5.11 Å². The van der Waals surface area contributed by atoms with Crippen molar-refractivity contribution in [3.63, 3.8) is 0 Å². The number of aromatic nitrogens is 2. The molecule has 126 valence electrons. The van der Waals surface area contributed by atoms with Crippen LogP contribution >= 0.6 is 23.2 Å². The monoisotopic (exact) mass is 373 g/mol. The van der Waals surface area contributed by atoms with E-state index in [-0.39, 0.29) is 5.75 Å². The van der Waals surface area contributed by atoms with E-state index >= 15 is 0 Å². The van der Waals surface area contributed by atoms with Gasteiger partial charge in [0.2, 0.25) is 0 Å². The van der Waals surface area contributed by atoms with Crippen LogP contribution in [0.25, 0.3) is 10.9 Å². The standard InChI is InChI=1S/C17H13Cl2N5O/c18-9-1-4-14(21-7-9)24-23-12-5-6-20-8-13-15(12)16-11(22-13)3-2-10(19)17(16)25/h1-4,7-8,22,25H,5-6H2,(H,21,24). The number of benzene rings is 1. The van der Waals surface area contributed by atoms with Gasteiger partial charge < -0.3 is 10.1 Å². The molecule has 25 heavy (non-hydrogen) atoms. The molecule has 3 N–H and O–H groups in total. The van der Waals surface area contributed by atoms with E-state index in [2.05, 4.69) is 25.5 Å². The van der Waals surface area contributed by atoms with Gasteiger partial charge in [0.25, 0.3) is 0 Å². The highest BCUT2D eigenvalue weighted by molar-refractivity contribution is 6.34. The molecule has 6 nitrogen and oxygen atoms in total. The minimum Gasteiger partial charge on any atom is -0.506 e. The van der Waals surface area contributed by atoms with Crippen LogP contribution in [0.1, 0.15) is 17.7 Å². The lowest BCUT2D eigenvalue weighted by Gasteiger charge is -2.07. The van der Waals surface area contributed by atoms with Gasteiger partial charge >= 0.3 is 0 Å². The SMILES string of the molecule is Oc1c(Cl)ccc2[nH]c3c(c12)C(=NNc1ccc(Cl)cn1)CCN=C3. The van der Waals surface area contributed by atoms with Crippen molar-refractivity contribution in [2.24, 2.45) is 10.1 Å². The number of anilines is 1. The minimum absolute atomic E-state index is 0.0317. The topological polar surface area (TPSA) is 85.7 Å². The predicted octanol–water partition coefficient (Wildman–Crippen LogP) is 4.21. The first-order valence-electron chi connectivity index (χ1n) is 7.61. The number of rotatable bonds is 2. The summed E-state index contributed by atoms with van der Waals surface area (Å²) in [7, 11) is 0. The number of nitrogens with one attached hydrogen (secondary N) is 2. The summed E-state index contributed by atoms with van der Waals surface area (Å²) >= 11 is 11.9. The molecule has 0 unspecified atom stereocenters. The molecule has 1 aliphatic rings. The molecule has 0 radical (unpaired) electrons. The first kappa shape index (κ1) is 15.9. The second-order valence-electron chi connectivity index (χ2n) is 5.55. The molecule has 3 aromatic rings. The number of H-pyrrole nitrogens is 1. The maximum absolute atomic E-state index is 10.4. The van der Waals surface area contributed by atoms with Crippen LogP contribution in [-0.2, 0) is 0 Å². The molecule has 0 amide bonds. The van der Waals surface area contributed by atoms with Gasteiger partial charge in [-0.25, -0.2) is 4.98 Å². The van der Waals surface area contributed by atoms with E-state index < -0.39 is 0 Å². The van der Waals surface area contributed by atoms with Gasteiger partial charge in [0.15, 0.2) is 0 Å². The van der Waals surface area contributed by atoms with Crippen molar-refractivity contribution in [2.75, 3.05) is 12.0 Å². The van der Waals surface area contributed by atoms with E-state index in [0.29, 0.717) is 34.2 Å². The first-order valence-corrected chi connectivity index (χ1v) is 8.36. The zero-order valence-electron chi connectivity index (χ0n) is 12.9. The second kappa shape index (κ2) is 6.38. The summed E-state index contributed by atoms with van der Waals surface area (Å²) in [4.78, 5) is 11.8. The van der Waals surface area contributed by atoms with Gasteiger partial charge in [0, 0.05) is 30.9 Å². The van der Waals surface area contributed by atoms with Gasteiger partial charge in [0.05, 0.1) is 32.4 Å². The molecule has 8 heteroatoms. The molecule has 1 aliphatic heterocycles. The number of hydrogen-bond acceptors (Lipinski definition) is 5. The maximum Gasteiger partial charge on any atom is 0.146 e. The number of phenols is 1. The summed E-state index contributed by atoms with van der Waals surface area (Å²) in [5, 5.41) is 16.4. The highest BCUT2D eigenvalue weighted by atomic mass is 35.5. The average Bonchev–Trinajstić information content (AvgIpc) is 2.87. The fraction of sp³-hybridized carbons (Fsp3) is 0.118. The molecule has 0 spiro atoms. The Hall–Kier alpha value is -2.57. The molecule has 1 aromatic carbocycles. The molecular formula is C17H13Cl2N5O. The Bertz CT molecular complexity index is 1010. The number of hydrazone groups is 1. The van der Waals surface area contributed by atoms with Crippen LogP contribution in [-0.4, -0.2) is 33.5 Å². The maximum atomic E-state index is 10.4. The molecule has 0 saturated heterocycles. The van der Waals surface area contributed by atoms with E-state index in [4.69, 9.17) is 23.2 Å². The lowest BCUT2D eigenvalue weighted by molar-refractivity contribution is 0.482. The fourth-order valence-corrected chi connectivity index (χ4v) is 3.06. The molecule has 4 rings (SSSR count). The highest BCUT2D eigenvalue weighted by Crippen LogP contribution is 2.37. The van der Waals surface area contributed by atoms with Crippen molar-refractivity contribution in [1.82, 2.24) is 9.97 Å². The average molecular weight is 374 g/mol. The number of nitrogens with zero attached hydrogens (tertiary/aromatic N) is 3. The number of halogens is 2. The van der Waals surface area contributed by atoms with Crippen LogP contribution in [0.4, 0.5) is 5.82 Å². The summed E-state index contributed by atoms with van der Waals surface area (Å²) in [6.45, 7) is 0.597. The van der Waals surface area contributed by atoms with E-state index in [1.165, 1.54) is 0 Å². The fourth-order valence-electron chi connectivity index (χ4n) is 2.79. The third kappa shape index (κ3) is 2.94. The van der Waals surface area contributed by atoms with Crippen LogP contribution in [0.15, 0.2) is 40.6 Å². The Labute approximate surface area is 153 Å². The van der Waals surface area contributed by atoms with Gasteiger partial charge in [-0.3, -0.25) is 10.4 Å². The largest absolute Gasteiger partial charge is 0.506 e. The number of aliphatic imine (C=N–C) groups is 1. The number of phenolic OH excluding ortho intramolecular Hbond substituents is 1. The summed E-state index contributed by atoms with van der Waals surface area (Å²) in [6.07, 6.45) is 3.91. The zero-order chi connectivity index (χ0) is 17.4. The highest BCUT2D eigenvalue weighted by Gasteiger charge is 2.21. The molecule has 0 saturated carbocycles. The Morgan fingerprint density at radius 3 is 2.88 bits per heavy atom. The first-order chi connectivity index (χ1) is 12.1. The van der Waals surface area contributed by atoms with Gasteiger partial charge in [-0.2, -0.15) is 5.10 Å². The number of aromatic hydroxyl groups is 1. The molecule has 0 aliphatic carbocycles. The van der Waals surface area contributed by atoms with E-state index in [1.54, 1.807) is 30.6 Å². The van der Waals surface area contributed by atoms with E-state index in [0.717, 1.165) is 22.5 Å². The minimum atomic E-state index is 0.0317. The summed E-state index contributed by atoms with van der Waals surface area (Å²) in [5.41, 5.74) is 6.04. The Balaban J connectivity index is 1.82. The summed E-state index contributed by atoms with van der Waals surface area (Å²) in [5.74, 6) is 0.606. The number of fused-ring (bicyclic) bond motifs is 3. The number of aromatic amines is 1. The van der Waals surface area contributed by atoms with Crippen LogP contribution in [0.2, 0.25) is 10.0 Å². The predicted molar refractivity (Wildman–Crippen MR) is 101 cm³/mol. The zero-order valence-corrected chi connectivity index (χ0v) is 14.4. The van der Waals surface area contributed by atoms with Crippen molar-refractivity contribution in [1.29, 1.82) is 0 Å². The van der Waals surface area contributed by atoms with Gasteiger partial charge in [-0.05, 0) is 24.3 Å². The molecule has 0 atom stereocenters. The van der Waals surface area contributed by atoms with Gasteiger partial charge in [0.1, 0.15) is 11.6 Å². The molecule has 0 fully saturated rings. The smallest absolute Gasteiger partial charge is 0.146 e. The third-order valence-corrected chi connectivity index (χ3v) is 4.47. The number of hydrogen-bond donors (Lipinski definition) is 3. The summed E-state index contributed by atoms with van der Waals surface area (Å²) < 4.78 is 0. The van der Waals surface area contributed by atoms with Crippen molar-refractivity contribution >= 4 is 51.8 Å². The molecular weight excluding hydrogens is 361 g/mol. The summed E-state index contributed by atoms with van der Waals surface area (Å²) in [6, 6.07) is 6.95. The van der Waals surface area contributed by atoms with Crippen molar-refractivity contribution in [2.45, 2.75) is 6.42 Å². The Morgan fingerprint density at radius 1 is 1.20 bits per heavy atom. The lowest BCUT2D eigenvalue weighted by Crippen LogP contribution is -2.07. The van der Waals surface area contributed by atoms with Crippen LogP contribution in [0, 0.1) is 0 Å². The quantitative estimate of drug-likeness (QED) is 0.588. The van der Waals surface area contributed by atoms with Crippen LogP contribution in [0.5, 0.6) is 5.75 Å².